The Bertz CT molecular complexity index is 467. The molecule has 3 nitrogen and oxygen atoms in total. The second kappa shape index (κ2) is 6.61. The first-order valence-corrected chi connectivity index (χ1v) is 7.51. The van der Waals surface area contributed by atoms with Crippen molar-refractivity contribution in [3.05, 3.63) is 48.3 Å². The first kappa shape index (κ1) is 13.2. The van der Waals surface area contributed by atoms with E-state index >= 15 is 0 Å². The van der Waals surface area contributed by atoms with Gasteiger partial charge >= 0.3 is 0 Å². The van der Waals surface area contributed by atoms with Crippen molar-refractivity contribution in [1.29, 1.82) is 0 Å². The highest BCUT2D eigenvalue weighted by Crippen LogP contribution is 2.07. The Morgan fingerprint density at radius 1 is 1.28 bits per heavy atom. The van der Waals surface area contributed by atoms with E-state index in [4.69, 9.17) is 0 Å². The molecule has 0 aliphatic heterocycles. The predicted octanol–water partition coefficient (Wildman–Crippen LogP) is 2.71. The number of hydrogen-bond donors (Lipinski definition) is 1. The van der Waals surface area contributed by atoms with Crippen molar-refractivity contribution in [1.82, 2.24) is 15.1 Å². The summed E-state index contributed by atoms with van der Waals surface area (Å²) in [4.78, 5) is 0. The first-order valence-electron chi connectivity index (χ1n) is 6.12. The van der Waals surface area contributed by atoms with Crippen molar-refractivity contribution < 1.29 is 0 Å². The number of nitrogens with one attached hydrogen (secondary N) is 1. The topological polar surface area (TPSA) is 29.9 Å². The number of para-hydroxylation sites is 1. The standard InChI is InChI=1S/C14H19N3S/c1-12(11-18-2)15-10-13-8-9-17(16-13)14-6-4-3-5-7-14/h3-9,12,15H,10-11H2,1-2H3. The molecule has 0 aliphatic carbocycles. The van der Waals surface area contributed by atoms with Gasteiger partial charge in [0.25, 0.3) is 0 Å². The third kappa shape index (κ3) is 3.62. The van der Waals surface area contributed by atoms with E-state index in [0.29, 0.717) is 6.04 Å². The molecule has 4 heteroatoms. The zero-order chi connectivity index (χ0) is 12.8. The molecule has 0 radical (unpaired) electrons. The summed E-state index contributed by atoms with van der Waals surface area (Å²) >= 11 is 1.86. The van der Waals surface area contributed by atoms with Crippen LogP contribution in [-0.2, 0) is 6.54 Å². The van der Waals surface area contributed by atoms with Gasteiger partial charge in [-0.15, -0.1) is 0 Å². The maximum absolute atomic E-state index is 4.56. The van der Waals surface area contributed by atoms with Crippen LogP contribution in [0.4, 0.5) is 0 Å². The highest BCUT2D eigenvalue weighted by molar-refractivity contribution is 7.98. The maximum Gasteiger partial charge on any atom is 0.0766 e. The largest absolute Gasteiger partial charge is 0.308 e. The molecule has 2 aromatic rings. The fraction of sp³-hybridized carbons (Fsp3) is 0.357. The van der Waals surface area contributed by atoms with Crippen LogP contribution in [0, 0.1) is 0 Å². The molecular formula is C14H19N3S. The van der Waals surface area contributed by atoms with Crippen molar-refractivity contribution in [2.24, 2.45) is 0 Å². The monoisotopic (exact) mass is 261 g/mol. The molecule has 1 heterocycles. The summed E-state index contributed by atoms with van der Waals surface area (Å²) in [5, 5.41) is 8.03. The minimum absolute atomic E-state index is 0.516. The highest BCUT2D eigenvalue weighted by Gasteiger charge is 2.03. The van der Waals surface area contributed by atoms with Gasteiger partial charge in [0, 0.05) is 24.5 Å². The molecule has 0 amide bonds. The summed E-state index contributed by atoms with van der Waals surface area (Å²) in [6.45, 7) is 3.02. The van der Waals surface area contributed by atoms with Crippen LogP contribution in [0.15, 0.2) is 42.6 Å². The third-order valence-electron chi connectivity index (χ3n) is 2.71. The number of rotatable bonds is 6. The van der Waals surface area contributed by atoms with Crippen LogP contribution in [0.1, 0.15) is 12.6 Å². The lowest BCUT2D eigenvalue weighted by Crippen LogP contribution is -2.27. The van der Waals surface area contributed by atoms with E-state index in [2.05, 4.69) is 41.8 Å². The summed E-state index contributed by atoms with van der Waals surface area (Å²) in [6.07, 6.45) is 4.13. The summed E-state index contributed by atoms with van der Waals surface area (Å²) in [5.41, 5.74) is 2.17. The normalized spacial score (nSPS) is 12.6. The van der Waals surface area contributed by atoms with E-state index in [1.165, 1.54) is 0 Å². The van der Waals surface area contributed by atoms with Crippen LogP contribution in [-0.4, -0.2) is 27.8 Å². The van der Waals surface area contributed by atoms with E-state index in [-0.39, 0.29) is 0 Å². The predicted molar refractivity (Wildman–Crippen MR) is 78.2 cm³/mol. The molecule has 1 N–H and O–H groups in total. The van der Waals surface area contributed by atoms with Gasteiger partial charge in [0.05, 0.1) is 11.4 Å². The van der Waals surface area contributed by atoms with Crippen LogP contribution in [0.5, 0.6) is 0 Å². The number of nitrogens with zero attached hydrogens (tertiary/aromatic N) is 2. The molecule has 18 heavy (non-hydrogen) atoms. The van der Waals surface area contributed by atoms with Gasteiger partial charge in [0.2, 0.25) is 0 Å². The second-order valence-corrected chi connectivity index (χ2v) is 5.24. The van der Waals surface area contributed by atoms with Crippen molar-refractivity contribution in [3.8, 4) is 5.69 Å². The van der Waals surface area contributed by atoms with E-state index < -0.39 is 0 Å². The van der Waals surface area contributed by atoms with Gasteiger partial charge in [-0.25, -0.2) is 4.68 Å². The Kier molecular flexibility index (Phi) is 4.84. The quantitative estimate of drug-likeness (QED) is 0.867. The van der Waals surface area contributed by atoms with Gasteiger partial charge in [0.1, 0.15) is 0 Å². The summed E-state index contributed by atoms with van der Waals surface area (Å²) in [7, 11) is 0. The molecule has 0 aliphatic rings. The molecular weight excluding hydrogens is 242 g/mol. The Balaban J connectivity index is 1.95. The molecule has 1 aromatic carbocycles. The van der Waals surface area contributed by atoms with Gasteiger partial charge in [-0.3, -0.25) is 0 Å². The molecule has 0 saturated heterocycles. The van der Waals surface area contributed by atoms with Crippen molar-refractivity contribution in [2.75, 3.05) is 12.0 Å². The Morgan fingerprint density at radius 2 is 2.06 bits per heavy atom. The zero-order valence-corrected chi connectivity index (χ0v) is 11.7. The molecule has 0 bridgehead atoms. The van der Waals surface area contributed by atoms with Gasteiger partial charge in [-0.2, -0.15) is 16.9 Å². The molecule has 0 fully saturated rings. The second-order valence-electron chi connectivity index (χ2n) is 4.32. The van der Waals surface area contributed by atoms with Gasteiger partial charge in [-0.1, -0.05) is 18.2 Å². The SMILES string of the molecule is CSCC(C)NCc1ccn(-c2ccccc2)n1. The zero-order valence-electron chi connectivity index (χ0n) is 10.8. The van der Waals surface area contributed by atoms with Crippen LogP contribution in [0.3, 0.4) is 0 Å². The molecule has 2 rings (SSSR count). The van der Waals surface area contributed by atoms with Gasteiger partial charge in [-0.05, 0) is 31.4 Å². The van der Waals surface area contributed by atoms with Gasteiger partial charge < -0.3 is 5.32 Å². The van der Waals surface area contributed by atoms with E-state index in [1.54, 1.807) is 0 Å². The number of aromatic nitrogens is 2. The average Bonchev–Trinajstić information content (AvgIpc) is 2.87. The Morgan fingerprint density at radius 3 is 2.78 bits per heavy atom. The molecule has 1 unspecified atom stereocenters. The molecule has 1 atom stereocenters. The average molecular weight is 261 g/mol. The maximum atomic E-state index is 4.56. The molecule has 96 valence electrons. The van der Waals surface area contributed by atoms with Crippen LogP contribution >= 0.6 is 11.8 Å². The molecule has 1 aromatic heterocycles. The third-order valence-corrected chi connectivity index (χ3v) is 3.55. The lowest BCUT2D eigenvalue weighted by molar-refractivity contribution is 0.585. The fourth-order valence-electron chi connectivity index (χ4n) is 1.77. The van der Waals surface area contributed by atoms with Crippen molar-refractivity contribution in [2.45, 2.75) is 19.5 Å². The lowest BCUT2D eigenvalue weighted by Gasteiger charge is -2.10. The lowest BCUT2D eigenvalue weighted by atomic mass is 10.3. The van der Waals surface area contributed by atoms with Gasteiger partial charge in [0.15, 0.2) is 0 Å². The van der Waals surface area contributed by atoms with Crippen LogP contribution in [0.25, 0.3) is 5.69 Å². The van der Waals surface area contributed by atoms with Crippen LogP contribution < -0.4 is 5.32 Å². The molecule has 0 saturated carbocycles. The molecule has 0 spiro atoms. The summed E-state index contributed by atoms with van der Waals surface area (Å²) < 4.78 is 1.91. The Hall–Kier alpha value is -1.26. The highest BCUT2D eigenvalue weighted by atomic mass is 32.2. The van der Waals surface area contributed by atoms with E-state index in [1.807, 2.05) is 40.8 Å². The van der Waals surface area contributed by atoms with Crippen LogP contribution in [0.2, 0.25) is 0 Å². The number of benzene rings is 1. The van der Waals surface area contributed by atoms with E-state index in [0.717, 1.165) is 23.7 Å². The summed E-state index contributed by atoms with van der Waals surface area (Å²) in [6, 6.07) is 12.7. The minimum atomic E-state index is 0.516. The smallest absolute Gasteiger partial charge is 0.0766 e. The minimum Gasteiger partial charge on any atom is -0.308 e. The Labute approximate surface area is 113 Å². The van der Waals surface area contributed by atoms with Crippen molar-refractivity contribution in [3.63, 3.8) is 0 Å². The number of hydrogen-bond acceptors (Lipinski definition) is 3. The first-order chi connectivity index (χ1) is 8.79. The fourth-order valence-corrected chi connectivity index (χ4v) is 2.39. The summed E-state index contributed by atoms with van der Waals surface area (Å²) in [5.74, 6) is 1.12. The van der Waals surface area contributed by atoms with E-state index in [9.17, 15) is 0 Å². The number of thioether (sulfide) groups is 1. The van der Waals surface area contributed by atoms with Crippen molar-refractivity contribution >= 4 is 11.8 Å².